The molecule has 1 aromatic rings. The van der Waals surface area contributed by atoms with Gasteiger partial charge in [0, 0.05) is 30.7 Å². The molecule has 2 heterocycles. The van der Waals surface area contributed by atoms with Crippen LogP contribution >= 0.6 is 11.3 Å². The molecule has 0 aliphatic carbocycles. The van der Waals surface area contributed by atoms with Crippen molar-refractivity contribution in [1.29, 1.82) is 0 Å². The van der Waals surface area contributed by atoms with Crippen molar-refractivity contribution < 1.29 is 0 Å². The van der Waals surface area contributed by atoms with Crippen LogP contribution in [0.15, 0.2) is 6.20 Å². The van der Waals surface area contributed by atoms with Gasteiger partial charge in [-0.25, -0.2) is 4.98 Å². The van der Waals surface area contributed by atoms with Gasteiger partial charge in [-0.1, -0.05) is 19.3 Å². The zero-order valence-corrected chi connectivity index (χ0v) is 10.9. The summed E-state index contributed by atoms with van der Waals surface area (Å²) in [5.74, 6) is 0. The Balaban J connectivity index is 1.97. The molecule has 1 N–H and O–H groups in total. The SMILES string of the molecule is CNCc1cnc(N2CCCCCCC2)s1. The second kappa shape index (κ2) is 6.21. The molecule has 1 aliphatic heterocycles. The minimum atomic E-state index is 0.936. The molecule has 1 aromatic heterocycles. The summed E-state index contributed by atoms with van der Waals surface area (Å²) in [5, 5.41) is 4.39. The molecule has 0 unspecified atom stereocenters. The molecule has 1 aliphatic rings. The predicted octanol–water partition coefficient (Wildman–Crippen LogP) is 2.63. The lowest BCUT2D eigenvalue weighted by molar-refractivity contribution is 0.556. The zero-order valence-electron chi connectivity index (χ0n) is 10.0. The number of hydrogen-bond donors (Lipinski definition) is 1. The van der Waals surface area contributed by atoms with Gasteiger partial charge in [-0.05, 0) is 19.9 Å². The fourth-order valence-corrected chi connectivity index (χ4v) is 3.11. The Kier molecular flexibility index (Phi) is 4.60. The summed E-state index contributed by atoms with van der Waals surface area (Å²) in [6, 6.07) is 0. The molecule has 0 bridgehead atoms. The molecular formula is C12H21N3S. The summed E-state index contributed by atoms with van der Waals surface area (Å²) in [4.78, 5) is 8.33. The molecular weight excluding hydrogens is 218 g/mol. The molecule has 0 amide bonds. The highest BCUT2D eigenvalue weighted by Gasteiger charge is 2.12. The topological polar surface area (TPSA) is 28.2 Å². The Labute approximate surface area is 102 Å². The molecule has 90 valence electrons. The third-order valence-corrected chi connectivity index (χ3v) is 4.08. The quantitative estimate of drug-likeness (QED) is 0.879. The third kappa shape index (κ3) is 3.19. The Morgan fingerprint density at radius 3 is 2.62 bits per heavy atom. The number of nitrogens with one attached hydrogen (secondary N) is 1. The van der Waals surface area contributed by atoms with Gasteiger partial charge in [0.15, 0.2) is 5.13 Å². The minimum absolute atomic E-state index is 0.936. The molecule has 0 spiro atoms. The number of thiazole rings is 1. The van der Waals surface area contributed by atoms with Crippen LogP contribution in [0.1, 0.15) is 37.0 Å². The Bertz CT molecular complexity index is 303. The fraction of sp³-hybridized carbons (Fsp3) is 0.750. The van der Waals surface area contributed by atoms with Crippen molar-refractivity contribution in [2.75, 3.05) is 25.0 Å². The average Bonchev–Trinajstić information content (AvgIpc) is 2.66. The first-order valence-corrected chi connectivity index (χ1v) is 7.06. The lowest BCUT2D eigenvalue weighted by atomic mass is 10.1. The number of aromatic nitrogens is 1. The van der Waals surface area contributed by atoms with E-state index in [1.807, 2.05) is 24.6 Å². The van der Waals surface area contributed by atoms with E-state index in [4.69, 9.17) is 0 Å². The largest absolute Gasteiger partial charge is 0.348 e. The van der Waals surface area contributed by atoms with E-state index in [1.165, 1.54) is 55.2 Å². The van der Waals surface area contributed by atoms with Crippen LogP contribution < -0.4 is 10.2 Å². The molecule has 16 heavy (non-hydrogen) atoms. The molecule has 2 rings (SSSR count). The molecule has 0 atom stereocenters. The summed E-state index contributed by atoms with van der Waals surface area (Å²) in [5.41, 5.74) is 0. The number of nitrogens with zero attached hydrogens (tertiary/aromatic N) is 2. The lowest BCUT2D eigenvalue weighted by Crippen LogP contribution is -2.26. The van der Waals surface area contributed by atoms with Crippen molar-refractivity contribution >= 4 is 16.5 Å². The van der Waals surface area contributed by atoms with Crippen LogP contribution in [0.2, 0.25) is 0 Å². The first-order valence-electron chi connectivity index (χ1n) is 6.24. The van der Waals surface area contributed by atoms with Gasteiger partial charge in [0.25, 0.3) is 0 Å². The van der Waals surface area contributed by atoms with Gasteiger partial charge < -0.3 is 10.2 Å². The maximum Gasteiger partial charge on any atom is 0.185 e. The van der Waals surface area contributed by atoms with E-state index in [1.54, 1.807) is 0 Å². The van der Waals surface area contributed by atoms with Crippen LogP contribution in [0, 0.1) is 0 Å². The zero-order chi connectivity index (χ0) is 11.2. The number of rotatable bonds is 3. The smallest absolute Gasteiger partial charge is 0.185 e. The van der Waals surface area contributed by atoms with Crippen molar-refractivity contribution in [3.8, 4) is 0 Å². The molecule has 3 nitrogen and oxygen atoms in total. The van der Waals surface area contributed by atoms with E-state index in [-0.39, 0.29) is 0 Å². The highest BCUT2D eigenvalue weighted by atomic mass is 32.1. The van der Waals surface area contributed by atoms with Gasteiger partial charge in [0.05, 0.1) is 0 Å². The monoisotopic (exact) mass is 239 g/mol. The summed E-state index contributed by atoms with van der Waals surface area (Å²) >= 11 is 1.83. The van der Waals surface area contributed by atoms with Crippen molar-refractivity contribution in [3.05, 3.63) is 11.1 Å². The molecule has 0 radical (unpaired) electrons. The van der Waals surface area contributed by atoms with Gasteiger partial charge in [0.1, 0.15) is 0 Å². The fourth-order valence-electron chi connectivity index (χ4n) is 2.14. The van der Waals surface area contributed by atoms with E-state index >= 15 is 0 Å². The van der Waals surface area contributed by atoms with Crippen molar-refractivity contribution in [2.45, 2.75) is 38.6 Å². The lowest BCUT2D eigenvalue weighted by Gasteiger charge is -2.23. The molecule has 1 saturated heterocycles. The molecule has 4 heteroatoms. The van der Waals surface area contributed by atoms with E-state index in [0.29, 0.717) is 0 Å². The summed E-state index contributed by atoms with van der Waals surface area (Å²) < 4.78 is 0. The molecule has 0 saturated carbocycles. The van der Waals surface area contributed by atoms with Crippen LogP contribution in [0.4, 0.5) is 5.13 Å². The Morgan fingerprint density at radius 1 is 1.25 bits per heavy atom. The normalized spacial score (nSPS) is 18.2. The summed E-state index contributed by atoms with van der Waals surface area (Å²) in [7, 11) is 1.98. The molecule has 0 aromatic carbocycles. The second-order valence-electron chi connectivity index (χ2n) is 4.39. The van der Waals surface area contributed by atoms with Crippen molar-refractivity contribution in [3.63, 3.8) is 0 Å². The van der Waals surface area contributed by atoms with Gasteiger partial charge in [-0.2, -0.15) is 0 Å². The summed E-state index contributed by atoms with van der Waals surface area (Å²) in [6.07, 6.45) is 8.82. The minimum Gasteiger partial charge on any atom is -0.348 e. The summed E-state index contributed by atoms with van der Waals surface area (Å²) in [6.45, 7) is 3.31. The van der Waals surface area contributed by atoms with Crippen LogP contribution in [0.5, 0.6) is 0 Å². The second-order valence-corrected chi connectivity index (χ2v) is 5.49. The van der Waals surface area contributed by atoms with E-state index < -0.39 is 0 Å². The number of hydrogen-bond acceptors (Lipinski definition) is 4. The highest BCUT2D eigenvalue weighted by molar-refractivity contribution is 7.15. The number of anilines is 1. The highest BCUT2D eigenvalue weighted by Crippen LogP contribution is 2.24. The first-order chi connectivity index (χ1) is 7.90. The van der Waals surface area contributed by atoms with Crippen LogP contribution in [-0.4, -0.2) is 25.1 Å². The predicted molar refractivity (Wildman–Crippen MR) is 70.2 cm³/mol. The van der Waals surface area contributed by atoms with Gasteiger partial charge in [0.2, 0.25) is 0 Å². The van der Waals surface area contributed by atoms with Gasteiger partial charge >= 0.3 is 0 Å². The van der Waals surface area contributed by atoms with Gasteiger partial charge in [-0.3, -0.25) is 0 Å². The maximum atomic E-state index is 4.54. The molecule has 1 fully saturated rings. The van der Waals surface area contributed by atoms with E-state index in [9.17, 15) is 0 Å². The van der Waals surface area contributed by atoms with E-state index in [2.05, 4.69) is 15.2 Å². The van der Waals surface area contributed by atoms with Crippen molar-refractivity contribution in [1.82, 2.24) is 10.3 Å². The third-order valence-electron chi connectivity index (χ3n) is 3.02. The standard InChI is InChI=1S/C12H21N3S/c1-13-9-11-10-14-12(16-11)15-7-5-3-2-4-6-8-15/h10,13H,2-9H2,1H3. The van der Waals surface area contributed by atoms with E-state index in [0.717, 1.165) is 6.54 Å². The Hall–Kier alpha value is -0.610. The first kappa shape index (κ1) is 11.9. The van der Waals surface area contributed by atoms with Gasteiger partial charge in [-0.15, -0.1) is 11.3 Å². The van der Waals surface area contributed by atoms with Crippen LogP contribution in [0.3, 0.4) is 0 Å². The van der Waals surface area contributed by atoms with Crippen LogP contribution in [0.25, 0.3) is 0 Å². The Morgan fingerprint density at radius 2 is 1.94 bits per heavy atom. The average molecular weight is 239 g/mol. The maximum absolute atomic E-state index is 4.54. The van der Waals surface area contributed by atoms with Crippen molar-refractivity contribution in [2.24, 2.45) is 0 Å². The van der Waals surface area contributed by atoms with Crippen LogP contribution in [-0.2, 0) is 6.54 Å².